The predicted octanol–water partition coefficient (Wildman–Crippen LogP) is 1.27. The zero-order valence-corrected chi connectivity index (χ0v) is 7.81. The first-order valence-electron chi connectivity index (χ1n) is 5.42. The molecule has 1 atom stereocenters. The lowest BCUT2D eigenvalue weighted by Gasteiger charge is -2.30. The molecule has 0 aromatic heterocycles. The maximum atomic E-state index is 3.63. The summed E-state index contributed by atoms with van der Waals surface area (Å²) >= 11 is 0. The molecule has 0 amide bonds. The molecule has 2 aliphatic rings. The molecular formula is C10H20N2. The number of nitrogens with one attached hydrogen (secondary N) is 2. The van der Waals surface area contributed by atoms with Crippen molar-refractivity contribution in [1.29, 1.82) is 0 Å². The van der Waals surface area contributed by atoms with Crippen LogP contribution in [-0.4, -0.2) is 25.2 Å². The molecule has 0 aromatic rings. The van der Waals surface area contributed by atoms with Crippen molar-refractivity contribution in [2.75, 3.05) is 13.1 Å². The highest BCUT2D eigenvalue weighted by Gasteiger charge is 2.19. The quantitative estimate of drug-likeness (QED) is 0.663. The van der Waals surface area contributed by atoms with E-state index < -0.39 is 0 Å². The van der Waals surface area contributed by atoms with Crippen LogP contribution < -0.4 is 10.6 Å². The van der Waals surface area contributed by atoms with Crippen LogP contribution in [0.25, 0.3) is 0 Å². The van der Waals surface area contributed by atoms with Gasteiger partial charge in [0.15, 0.2) is 0 Å². The second-order valence-corrected chi connectivity index (χ2v) is 4.18. The Bertz CT molecular complexity index is 126. The minimum absolute atomic E-state index is 0.763. The van der Waals surface area contributed by atoms with Crippen LogP contribution in [0.4, 0.5) is 0 Å². The molecule has 0 unspecified atom stereocenters. The van der Waals surface area contributed by atoms with Gasteiger partial charge < -0.3 is 10.6 Å². The van der Waals surface area contributed by atoms with E-state index in [0.29, 0.717) is 0 Å². The van der Waals surface area contributed by atoms with Crippen molar-refractivity contribution in [3.8, 4) is 0 Å². The van der Waals surface area contributed by atoms with Gasteiger partial charge in [-0.15, -0.1) is 0 Å². The van der Waals surface area contributed by atoms with Crippen molar-refractivity contribution >= 4 is 0 Å². The van der Waals surface area contributed by atoms with Gasteiger partial charge in [-0.3, -0.25) is 0 Å². The van der Waals surface area contributed by atoms with Gasteiger partial charge in [0, 0.05) is 18.6 Å². The highest BCUT2D eigenvalue weighted by atomic mass is 15.0. The largest absolute Gasteiger partial charge is 0.313 e. The van der Waals surface area contributed by atoms with E-state index in [1.54, 1.807) is 0 Å². The summed E-state index contributed by atoms with van der Waals surface area (Å²) in [5, 5.41) is 7.19. The third kappa shape index (κ3) is 2.20. The topological polar surface area (TPSA) is 24.1 Å². The number of hydrogen-bond acceptors (Lipinski definition) is 2. The Kier molecular flexibility index (Phi) is 3.01. The van der Waals surface area contributed by atoms with Crippen molar-refractivity contribution in [3.05, 3.63) is 0 Å². The smallest absolute Gasteiger partial charge is 0.0192 e. The summed E-state index contributed by atoms with van der Waals surface area (Å²) in [5.41, 5.74) is 0. The lowest BCUT2D eigenvalue weighted by Crippen LogP contribution is -2.46. The first-order chi connectivity index (χ1) is 5.95. The molecule has 2 N–H and O–H groups in total. The summed E-state index contributed by atoms with van der Waals surface area (Å²) < 4.78 is 0. The van der Waals surface area contributed by atoms with Gasteiger partial charge in [0.1, 0.15) is 0 Å². The van der Waals surface area contributed by atoms with Crippen molar-refractivity contribution < 1.29 is 0 Å². The van der Waals surface area contributed by atoms with Gasteiger partial charge in [-0.1, -0.05) is 12.8 Å². The van der Waals surface area contributed by atoms with Gasteiger partial charge >= 0.3 is 0 Å². The summed E-state index contributed by atoms with van der Waals surface area (Å²) in [6.45, 7) is 2.43. The summed E-state index contributed by atoms with van der Waals surface area (Å²) in [6.07, 6.45) is 8.43. The molecule has 1 saturated heterocycles. The Morgan fingerprint density at radius 3 is 2.58 bits per heavy atom. The van der Waals surface area contributed by atoms with E-state index in [2.05, 4.69) is 10.6 Å². The van der Waals surface area contributed by atoms with Crippen LogP contribution in [-0.2, 0) is 0 Å². The van der Waals surface area contributed by atoms with Crippen LogP contribution in [0, 0.1) is 0 Å². The highest BCUT2D eigenvalue weighted by molar-refractivity contribution is 4.81. The fourth-order valence-corrected chi connectivity index (χ4v) is 2.02. The van der Waals surface area contributed by atoms with Gasteiger partial charge in [0.2, 0.25) is 0 Å². The van der Waals surface area contributed by atoms with E-state index in [0.717, 1.165) is 12.1 Å². The van der Waals surface area contributed by atoms with Gasteiger partial charge in [-0.2, -0.15) is 0 Å². The molecule has 2 heteroatoms. The molecule has 0 aromatic carbocycles. The SMILES string of the molecule is C1CC[C@@H](CNC2CCC2)NC1. The Balaban J connectivity index is 1.58. The van der Waals surface area contributed by atoms with E-state index >= 15 is 0 Å². The minimum Gasteiger partial charge on any atom is -0.313 e. The zero-order valence-electron chi connectivity index (χ0n) is 7.81. The van der Waals surface area contributed by atoms with Gasteiger partial charge in [-0.25, -0.2) is 0 Å². The maximum absolute atomic E-state index is 3.63. The summed E-state index contributed by atoms with van der Waals surface area (Å²) in [6, 6.07) is 1.62. The average molecular weight is 168 g/mol. The fraction of sp³-hybridized carbons (Fsp3) is 1.00. The molecule has 2 nitrogen and oxygen atoms in total. The normalized spacial score (nSPS) is 31.5. The number of hydrogen-bond donors (Lipinski definition) is 2. The highest BCUT2D eigenvalue weighted by Crippen LogP contribution is 2.18. The Morgan fingerprint density at radius 2 is 2.00 bits per heavy atom. The van der Waals surface area contributed by atoms with Gasteiger partial charge in [0.25, 0.3) is 0 Å². The molecule has 2 fully saturated rings. The van der Waals surface area contributed by atoms with E-state index in [1.165, 1.54) is 51.6 Å². The Morgan fingerprint density at radius 1 is 1.08 bits per heavy atom. The van der Waals surface area contributed by atoms with Crippen LogP contribution in [0.15, 0.2) is 0 Å². The minimum atomic E-state index is 0.763. The van der Waals surface area contributed by atoms with Crippen LogP contribution in [0.2, 0.25) is 0 Å². The van der Waals surface area contributed by atoms with Crippen molar-refractivity contribution in [2.45, 2.75) is 50.6 Å². The van der Waals surface area contributed by atoms with Crippen LogP contribution in [0.5, 0.6) is 0 Å². The first-order valence-corrected chi connectivity index (χ1v) is 5.42. The molecule has 0 bridgehead atoms. The molecule has 1 aliphatic carbocycles. The number of rotatable bonds is 3. The second kappa shape index (κ2) is 4.24. The third-order valence-corrected chi connectivity index (χ3v) is 3.17. The summed E-state index contributed by atoms with van der Waals surface area (Å²) in [4.78, 5) is 0. The van der Waals surface area contributed by atoms with E-state index in [9.17, 15) is 0 Å². The lowest BCUT2D eigenvalue weighted by molar-refractivity contribution is 0.303. The second-order valence-electron chi connectivity index (χ2n) is 4.18. The summed E-state index contributed by atoms with van der Waals surface area (Å²) in [7, 11) is 0. The monoisotopic (exact) mass is 168 g/mol. The molecule has 70 valence electrons. The van der Waals surface area contributed by atoms with Crippen LogP contribution in [0.1, 0.15) is 38.5 Å². The van der Waals surface area contributed by atoms with Gasteiger partial charge in [0.05, 0.1) is 0 Å². The maximum Gasteiger partial charge on any atom is 0.0192 e. The van der Waals surface area contributed by atoms with Crippen LogP contribution >= 0.6 is 0 Å². The summed E-state index contributed by atoms with van der Waals surface area (Å²) in [5.74, 6) is 0. The van der Waals surface area contributed by atoms with Crippen molar-refractivity contribution in [1.82, 2.24) is 10.6 Å². The van der Waals surface area contributed by atoms with Crippen molar-refractivity contribution in [3.63, 3.8) is 0 Å². The Labute approximate surface area is 75.1 Å². The van der Waals surface area contributed by atoms with E-state index in [-0.39, 0.29) is 0 Å². The predicted molar refractivity (Wildman–Crippen MR) is 51.3 cm³/mol. The molecule has 2 rings (SSSR count). The average Bonchev–Trinajstić information content (AvgIpc) is 2.04. The molecule has 1 heterocycles. The molecular weight excluding hydrogens is 148 g/mol. The molecule has 0 radical (unpaired) electrons. The standard InChI is InChI=1S/C10H20N2/c1-2-7-11-10(4-1)8-12-9-5-3-6-9/h9-12H,1-8H2/t10-/m0/s1. The molecule has 1 aliphatic heterocycles. The lowest BCUT2D eigenvalue weighted by atomic mass is 9.92. The molecule has 1 saturated carbocycles. The zero-order chi connectivity index (χ0) is 8.23. The third-order valence-electron chi connectivity index (χ3n) is 3.17. The molecule has 12 heavy (non-hydrogen) atoms. The fourth-order valence-electron chi connectivity index (χ4n) is 2.02. The van der Waals surface area contributed by atoms with E-state index in [4.69, 9.17) is 0 Å². The van der Waals surface area contributed by atoms with Crippen molar-refractivity contribution in [2.24, 2.45) is 0 Å². The molecule has 0 spiro atoms. The first kappa shape index (κ1) is 8.52. The van der Waals surface area contributed by atoms with E-state index in [1.807, 2.05) is 0 Å². The Hall–Kier alpha value is -0.0800. The number of piperidine rings is 1. The van der Waals surface area contributed by atoms with Gasteiger partial charge in [-0.05, 0) is 32.2 Å². The van der Waals surface area contributed by atoms with Crippen LogP contribution in [0.3, 0.4) is 0 Å².